The van der Waals surface area contributed by atoms with Crippen LogP contribution in [0.1, 0.15) is 19.4 Å². The van der Waals surface area contributed by atoms with Crippen molar-refractivity contribution in [2.24, 2.45) is 0 Å². The normalized spacial score (nSPS) is 10.8. The van der Waals surface area contributed by atoms with Gasteiger partial charge in [-0.15, -0.1) is 0 Å². The van der Waals surface area contributed by atoms with E-state index in [1.54, 1.807) is 24.3 Å². The fourth-order valence-electron chi connectivity index (χ4n) is 1.17. The largest absolute Gasteiger partial charge is 0.480 e. The number of carboxylic acids is 1. The summed E-state index contributed by atoms with van der Waals surface area (Å²) in [6, 6.07) is 6.47. The Kier molecular flexibility index (Phi) is 4.55. The highest BCUT2D eigenvalue weighted by molar-refractivity contribution is 6.30. The summed E-state index contributed by atoms with van der Waals surface area (Å²) < 4.78 is 0. The Hall–Kier alpha value is -1.75. The molecular formula is C12H15ClN2O3. The number of hydrogen-bond acceptors (Lipinski definition) is 2. The van der Waals surface area contributed by atoms with Crippen LogP contribution < -0.4 is 10.6 Å². The molecule has 0 radical (unpaired) electrons. The van der Waals surface area contributed by atoms with Crippen molar-refractivity contribution in [1.29, 1.82) is 0 Å². The standard InChI is InChI=1S/C12H15ClN2O3/c1-12(2,10(16)17)15-11(18)14-7-8-3-5-9(13)6-4-8/h3-6H,7H2,1-2H3,(H,16,17)(H2,14,15,18). The van der Waals surface area contributed by atoms with Crippen molar-refractivity contribution in [3.63, 3.8) is 0 Å². The van der Waals surface area contributed by atoms with Gasteiger partial charge in [-0.2, -0.15) is 0 Å². The number of amides is 2. The minimum atomic E-state index is -1.30. The van der Waals surface area contributed by atoms with Crippen LogP contribution >= 0.6 is 11.6 Å². The predicted octanol–water partition coefficient (Wildman–Crippen LogP) is 2.00. The topological polar surface area (TPSA) is 78.4 Å². The summed E-state index contributed by atoms with van der Waals surface area (Å²) in [7, 11) is 0. The molecule has 0 saturated carbocycles. The first-order valence-corrected chi connectivity index (χ1v) is 5.73. The van der Waals surface area contributed by atoms with Gasteiger partial charge in [0.1, 0.15) is 5.54 Å². The second-order valence-electron chi connectivity index (χ2n) is 4.36. The Morgan fingerprint density at radius 1 is 1.28 bits per heavy atom. The highest BCUT2D eigenvalue weighted by Gasteiger charge is 2.28. The SMILES string of the molecule is CC(C)(NC(=O)NCc1ccc(Cl)cc1)C(=O)O. The molecule has 0 aromatic heterocycles. The van der Waals surface area contributed by atoms with Crippen LogP contribution in [0.5, 0.6) is 0 Å². The van der Waals surface area contributed by atoms with Gasteiger partial charge in [-0.3, -0.25) is 0 Å². The summed E-state index contributed by atoms with van der Waals surface area (Å²) in [6.45, 7) is 3.13. The third kappa shape index (κ3) is 4.25. The Morgan fingerprint density at radius 2 is 1.83 bits per heavy atom. The van der Waals surface area contributed by atoms with Crippen molar-refractivity contribution < 1.29 is 14.7 Å². The maximum atomic E-state index is 11.5. The van der Waals surface area contributed by atoms with Crippen molar-refractivity contribution >= 4 is 23.6 Å². The average Bonchev–Trinajstić information content (AvgIpc) is 2.27. The number of aliphatic carboxylic acids is 1. The number of benzene rings is 1. The van der Waals surface area contributed by atoms with Gasteiger partial charge in [0.15, 0.2) is 0 Å². The minimum absolute atomic E-state index is 0.304. The quantitative estimate of drug-likeness (QED) is 0.783. The summed E-state index contributed by atoms with van der Waals surface area (Å²) in [5.41, 5.74) is -0.424. The number of nitrogens with one attached hydrogen (secondary N) is 2. The van der Waals surface area contributed by atoms with E-state index >= 15 is 0 Å². The van der Waals surface area contributed by atoms with Gasteiger partial charge in [-0.05, 0) is 31.5 Å². The zero-order chi connectivity index (χ0) is 13.8. The summed E-state index contributed by atoms with van der Waals surface area (Å²) in [5, 5.41) is 14.4. The molecule has 1 rings (SSSR count). The fourth-order valence-corrected chi connectivity index (χ4v) is 1.29. The van der Waals surface area contributed by atoms with Crippen LogP contribution in [0.25, 0.3) is 0 Å². The molecule has 6 heteroatoms. The molecule has 0 heterocycles. The molecule has 1 aromatic carbocycles. The number of carbonyl (C=O) groups excluding carboxylic acids is 1. The molecule has 0 aliphatic rings. The van der Waals surface area contributed by atoms with Crippen LogP contribution in [0.15, 0.2) is 24.3 Å². The first-order valence-electron chi connectivity index (χ1n) is 5.35. The van der Waals surface area contributed by atoms with E-state index in [2.05, 4.69) is 10.6 Å². The van der Waals surface area contributed by atoms with E-state index in [0.29, 0.717) is 11.6 Å². The molecule has 18 heavy (non-hydrogen) atoms. The lowest BCUT2D eigenvalue weighted by atomic mass is 10.1. The van der Waals surface area contributed by atoms with E-state index < -0.39 is 17.5 Å². The second-order valence-corrected chi connectivity index (χ2v) is 4.80. The lowest BCUT2D eigenvalue weighted by molar-refractivity contribution is -0.142. The first kappa shape index (κ1) is 14.3. The third-order valence-electron chi connectivity index (χ3n) is 2.33. The fraction of sp³-hybridized carbons (Fsp3) is 0.333. The van der Waals surface area contributed by atoms with E-state index in [1.165, 1.54) is 13.8 Å². The molecule has 0 spiro atoms. The highest BCUT2D eigenvalue weighted by Crippen LogP contribution is 2.09. The molecule has 1 aromatic rings. The van der Waals surface area contributed by atoms with Gasteiger partial charge in [0, 0.05) is 11.6 Å². The van der Waals surface area contributed by atoms with Gasteiger partial charge >= 0.3 is 12.0 Å². The molecule has 0 unspecified atom stereocenters. The summed E-state index contributed by atoms with van der Waals surface area (Å²) in [6.07, 6.45) is 0. The predicted molar refractivity (Wildman–Crippen MR) is 68.5 cm³/mol. The molecular weight excluding hydrogens is 256 g/mol. The number of carboxylic acid groups (broad SMARTS) is 1. The van der Waals surface area contributed by atoms with Crippen LogP contribution in [-0.2, 0) is 11.3 Å². The molecule has 0 fully saturated rings. The summed E-state index contributed by atoms with van der Waals surface area (Å²) >= 11 is 5.73. The van der Waals surface area contributed by atoms with Gasteiger partial charge in [0.25, 0.3) is 0 Å². The third-order valence-corrected chi connectivity index (χ3v) is 2.58. The maximum absolute atomic E-state index is 11.5. The van der Waals surface area contributed by atoms with E-state index in [-0.39, 0.29) is 0 Å². The second kappa shape index (κ2) is 5.73. The van der Waals surface area contributed by atoms with Crippen molar-refractivity contribution in [2.75, 3.05) is 0 Å². The molecule has 0 aliphatic heterocycles. The van der Waals surface area contributed by atoms with Gasteiger partial charge in [0.2, 0.25) is 0 Å². The molecule has 3 N–H and O–H groups in total. The van der Waals surface area contributed by atoms with E-state index in [9.17, 15) is 9.59 Å². The number of rotatable bonds is 4. The molecule has 2 amide bonds. The number of urea groups is 1. The lowest BCUT2D eigenvalue weighted by Gasteiger charge is -2.21. The Bertz CT molecular complexity index is 443. The summed E-state index contributed by atoms with van der Waals surface area (Å²) in [4.78, 5) is 22.3. The van der Waals surface area contributed by atoms with Crippen molar-refractivity contribution in [3.8, 4) is 0 Å². The highest BCUT2D eigenvalue weighted by atomic mass is 35.5. The van der Waals surface area contributed by atoms with Crippen molar-refractivity contribution in [3.05, 3.63) is 34.9 Å². The van der Waals surface area contributed by atoms with E-state index in [0.717, 1.165) is 5.56 Å². The number of carbonyl (C=O) groups is 2. The zero-order valence-electron chi connectivity index (χ0n) is 10.2. The van der Waals surface area contributed by atoms with Crippen LogP contribution in [0.2, 0.25) is 5.02 Å². The number of halogens is 1. The maximum Gasteiger partial charge on any atom is 0.328 e. The van der Waals surface area contributed by atoms with Gasteiger partial charge < -0.3 is 15.7 Å². The molecule has 0 bridgehead atoms. The van der Waals surface area contributed by atoms with Gasteiger partial charge in [-0.25, -0.2) is 9.59 Å². The average molecular weight is 271 g/mol. The summed E-state index contributed by atoms with van der Waals surface area (Å²) in [5.74, 6) is -1.09. The van der Waals surface area contributed by atoms with Gasteiger partial charge in [-0.1, -0.05) is 23.7 Å². The van der Waals surface area contributed by atoms with Crippen LogP contribution in [0, 0.1) is 0 Å². The smallest absolute Gasteiger partial charge is 0.328 e. The van der Waals surface area contributed by atoms with Crippen LogP contribution in [0.3, 0.4) is 0 Å². The molecule has 98 valence electrons. The first-order chi connectivity index (χ1) is 8.31. The van der Waals surface area contributed by atoms with Gasteiger partial charge in [0.05, 0.1) is 0 Å². The monoisotopic (exact) mass is 270 g/mol. The molecule has 5 nitrogen and oxygen atoms in total. The van der Waals surface area contributed by atoms with Crippen molar-refractivity contribution in [1.82, 2.24) is 10.6 Å². The Balaban J connectivity index is 2.47. The molecule has 0 saturated heterocycles. The van der Waals surface area contributed by atoms with Crippen LogP contribution in [-0.4, -0.2) is 22.6 Å². The zero-order valence-corrected chi connectivity index (χ0v) is 10.9. The molecule has 0 aliphatic carbocycles. The number of hydrogen-bond donors (Lipinski definition) is 3. The van der Waals surface area contributed by atoms with Crippen molar-refractivity contribution in [2.45, 2.75) is 25.9 Å². The van der Waals surface area contributed by atoms with Crippen LogP contribution in [0.4, 0.5) is 4.79 Å². The van der Waals surface area contributed by atoms with E-state index in [1.807, 2.05) is 0 Å². The minimum Gasteiger partial charge on any atom is -0.480 e. The Labute approximate surface area is 110 Å². The van der Waals surface area contributed by atoms with E-state index in [4.69, 9.17) is 16.7 Å². The Morgan fingerprint density at radius 3 is 2.33 bits per heavy atom. The lowest BCUT2D eigenvalue weighted by Crippen LogP contribution is -2.52. The molecule has 0 atom stereocenters.